The third kappa shape index (κ3) is 3.93. The topological polar surface area (TPSA) is 46.2 Å². The van der Waals surface area contributed by atoms with Crippen LogP contribution in [0.3, 0.4) is 0 Å². The molecule has 2 rings (SSSR count). The highest BCUT2D eigenvalue weighted by Crippen LogP contribution is 2.22. The van der Waals surface area contributed by atoms with Gasteiger partial charge in [-0.05, 0) is 30.5 Å². The molecule has 0 aromatic heterocycles. The lowest BCUT2D eigenvalue weighted by atomic mass is 10.0. The summed E-state index contributed by atoms with van der Waals surface area (Å²) in [6.07, 6.45) is 1.69. The molecule has 112 valence electrons. The van der Waals surface area contributed by atoms with Crippen LogP contribution < -0.4 is 4.72 Å². The molecule has 0 radical (unpaired) electrons. The van der Waals surface area contributed by atoms with Crippen LogP contribution >= 0.6 is 0 Å². The van der Waals surface area contributed by atoms with E-state index in [0.717, 1.165) is 24.0 Å². The lowest BCUT2D eigenvalue weighted by Crippen LogP contribution is -2.29. The first-order valence-corrected chi connectivity index (χ1v) is 8.66. The van der Waals surface area contributed by atoms with Crippen LogP contribution in [0.4, 0.5) is 0 Å². The Morgan fingerprint density at radius 1 is 1.00 bits per heavy atom. The Morgan fingerprint density at radius 2 is 1.62 bits per heavy atom. The van der Waals surface area contributed by atoms with Crippen LogP contribution in [0.15, 0.2) is 59.5 Å². The molecule has 1 unspecified atom stereocenters. The highest BCUT2D eigenvalue weighted by molar-refractivity contribution is 7.89. The van der Waals surface area contributed by atoms with E-state index in [9.17, 15) is 8.42 Å². The molecule has 0 fully saturated rings. The van der Waals surface area contributed by atoms with Gasteiger partial charge < -0.3 is 0 Å². The Balaban J connectivity index is 2.30. The normalized spacial score (nSPS) is 13.0. The first kappa shape index (κ1) is 15.7. The van der Waals surface area contributed by atoms with E-state index in [2.05, 4.69) is 11.6 Å². The summed E-state index contributed by atoms with van der Waals surface area (Å²) in [5.74, 6) is 0. The Morgan fingerprint density at radius 3 is 2.24 bits per heavy atom. The SMILES string of the molecule is CCCC(NS(=O)(=O)c1ccccc1C)c1ccccc1. The lowest BCUT2D eigenvalue weighted by molar-refractivity contribution is 0.535. The summed E-state index contributed by atoms with van der Waals surface area (Å²) in [6, 6.07) is 16.6. The molecule has 0 amide bonds. The molecule has 0 saturated heterocycles. The predicted octanol–water partition coefficient (Wildman–Crippen LogP) is 3.81. The van der Waals surface area contributed by atoms with E-state index >= 15 is 0 Å². The fourth-order valence-electron chi connectivity index (χ4n) is 2.38. The number of hydrogen-bond acceptors (Lipinski definition) is 2. The van der Waals surface area contributed by atoms with Crippen molar-refractivity contribution in [3.05, 3.63) is 65.7 Å². The van der Waals surface area contributed by atoms with Crippen molar-refractivity contribution in [1.82, 2.24) is 4.72 Å². The molecule has 1 N–H and O–H groups in total. The van der Waals surface area contributed by atoms with Gasteiger partial charge in [-0.3, -0.25) is 0 Å². The molecule has 4 heteroatoms. The molecule has 3 nitrogen and oxygen atoms in total. The first-order chi connectivity index (χ1) is 10.0. The van der Waals surface area contributed by atoms with E-state index in [-0.39, 0.29) is 6.04 Å². The third-order valence-electron chi connectivity index (χ3n) is 3.46. The Labute approximate surface area is 127 Å². The molecule has 0 aliphatic carbocycles. The van der Waals surface area contributed by atoms with E-state index in [1.54, 1.807) is 12.1 Å². The maximum Gasteiger partial charge on any atom is 0.241 e. The second-order valence-electron chi connectivity index (χ2n) is 5.14. The van der Waals surface area contributed by atoms with Crippen molar-refractivity contribution in [1.29, 1.82) is 0 Å². The van der Waals surface area contributed by atoms with Crippen LogP contribution in [0, 0.1) is 6.92 Å². The van der Waals surface area contributed by atoms with Gasteiger partial charge in [-0.1, -0.05) is 61.9 Å². The minimum atomic E-state index is -3.51. The molecule has 0 heterocycles. The summed E-state index contributed by atoms with van der Waals surface area (Å²) in [5.41, 5.74) is 1.75. The predicted molar refractivity (Wildman–Crippen MR) is 85.6 cm³/mol. The van der Waals surface area contributed by atoms with Crippen molar-refractivity contribution >= 4 is 10.0 Å². The minimum absolute atomic E-state index is 0.194. The van der Waals surface area contributed by atoms with Gasteiger partial charge in [0.15, 0.2) is 0 Å². The first-order valence-electron chi connectivity index (χ1n) is 7.17. The van der Waals surface area contributed by atoms with Crippen molar-refractivity contribution in [2.75, 3.05) is 0 Å². The van der Waals surface area contributed by atoms with Gasteiger partial charge in [-0.25, -0.2) is 13.1 Å². The number of sulfonamides is 1. The smallest absolute Gasteiger partial charge is 0.207 e. The van der Waals surface area contributed by atoms with Gasteiger partial charge in [-0.2, -0.15) is 0 Å². The monoisotopic (exact) mass is 303 g/mol. The van der Waals surface area contributed by atoms with Gasteiger partial charge in [-0.15, -0.1) is 0 Å². The fourth-order valence-corrected chi connectivity index (χ4v) is 3.88. The highest BCUT2D eigenvalue weighted by atomic mass is 32.2. The quantitative estimate of drug-likeness (QED) is 0.882. The standard InChI is InChI=1S/C17H21NO2S/c1-3-9-16(15-11-5-4-6-12-15)18-21(19,20)17-13-8-7-10-14(17)2/h4-8,10-13,16,18H,3,9H2,1-2H3. The molecule has 0 spiro atoms. The number of rotatable bonds is 6. The van der Waals surface area contributed by atoms with Gasteiger partial charge in [0.2, 0.25) is 10.0 Å². The van der Waals surface area contributed by atoms with Gasteiger partial charge in [0.1, 0.15) is 0 Å². The molecule has 0 aliphatic rings. The summed E-state index contributed by atoms with van der Waals surface area (Å²) in [7, 11) is -3.51. The number of hydrogen-bond donors (Lipinski definition) is 1. The van der Waals surface area contributed by atoms with Crippen molar-refractivity contribution in [3.63, 3.8) is 0 Å². The largest absolute Gasteiger partial charge is 0.241 e. The number of nitrogens with one attached hydrogen (secondary N) is 1. The molecule has 21 heavy (non-hydrogen) atoms. The molecular weight excluding hydrogens is 282 g/mol. The van der Waals surface area contributed by atoms with Gasteiger partial charge in [0.05, 0.1) is 4.90 Å². The summed E-state index contributed by atoms with van der Waals surface area (Å²) >= 11 is 0. The zero-order valence-electron chi connectivity index (χ0n) is 12.4. The second-order valence-corrected chi connectivity index (χ2v) is 6.82. The number of benzene rings is 2. The van der Waals surface area contributed by atoms with Crippen LogP contribution in [-0.2, 0) is 10.0 Å². The van der Waals surface area contributed by atoms with E-state index in [1.165, 1.54) is 0 Å². The molecule has 0 saturated carbocycles. The lowest BCUT2D eigenvalue weighted by Gasteiger charge is -2.19. The van der Waals surface area contributed by atoms with Crippen molar-refractivity contribution in [2.24, 2.45) is 0 Å². The molecule has 2 aromatic carbocycles. The Kier molecular flexibility index (Phi) is 5.15. The summed E-state index contributed by atoms with van der Waals surface area (Å²) in [5, 5.41) is 0. The van der Waals surface area contributed by atoms with Crippen LogP contribution in [0.5, 0.6) is 0 Å². The average Bonchev–Trinajstić information content (AvgIpc) is 2.48. The number of aryl methyl sites for hydroxylation is 1. The molecule has 2 aromatic rings. The van der Waals surface area contributed by atoms with Crippen LogP contribution in [0.25, 0.3) is 0 Å². The maximum atomic E-state index is 12.6. The summed E-state index contributed by atoms with van der Waals surface area (Å²) < 4.78 is 28.0. The summed E-state index contributed by atoms with van der Waals surface area (Å²) in [6.45, 7) is 3.86. The Bertz CT molecular complexity index is 681. The van der Waals surface area contributed by atoms with Crippen LogP contribution in [0.1, 0.15) is 36.9 Å². The maximum absolute atomic E-state index is 12.6. The van der Waals surface area contributed by atoms with Gasteiger partial charge in [0.25, 0.3) is 0 Å². The van der Waals surface area contributed by atoms with Gasteiger partial charge >= 0.3 is 0 Å². The highest BCUT2D eigenvalue weighted by Gasteiger charge is 2.21. The van der Waals surface area contributed by atoms with Crippen molar-refractivity contribution in [2.45, 2.75) is 37.6 Å². The molecule has 0 bridgehead atoms. The van der Waals surface area contributed by atoms with Crippen LogP contribution in [-0.4, -0.2) is 8.42 Å². The van der Waals surface area contributed by atoms with Crippen molar-refractivity contribution in [3.8, 4) is 0 Å². The Hall–Kier alpha value is -1.65. The fraction of sp³-hybridized carbons (Fsp3) is 0.294. The van der Waals surface area contributed by atoms with E-state index in [1.807, 2.05) is 49.4 Å². The average molecular weight is 303 g/mol. The minimum Gasteiger partial charge on any atom is -0.207 e. The zero-order chi connectivity index (χ0) is 15.3. The van der Waals surface area contributed by atoms with Crippen molar-refractivity contribution < 1.29 is 8.42 Å². The second kappa shape index (κ2) is 6.87. The summed E-state index contributed by atoms with van der Waals surface area (Å²) in [4.78, 5) is 0.349. The van der Waals surface area contributed by atoms with Gasteiger partial charge in [0, 0.05) is 6.04 Å². The van der Waals surface area contributed by atoms with E-state index < -0.39 is 10.0 Å². The van der Waals surface area contributed by atoms with Crippen LogP contribution in [0.2, 0.25) is 0 Å². The third-order valence-corrected chi connectivity index (χ3v) is 5.09. The van der Waals surface area contributed by atoms with E-state index in [0.29, 0.717) is 4.90 Å². The van der Waals surface area contributed by atoms with E-state index in [4.69, 9.17) is 0 Å². The zero-order valence-corrected chi connectivity index (χ0v) is 13.2. The molecule has 1 atom stereocenters. The molecular formula is C17H21NO2S. The molecule has 0 aliphatic heterocycles.